The van der Waals surface area contributed by atoms with Crippen molar-refractivity contribution in [3.05, 3.63) is 145 Å². The Bertz CT molecular complexity index is 2410. The molecule has 8 aromatic rings. The number of nitriles is 2. The predicted molar refractivity (Wildman–Crippen MR) is 170 cm³/mol. The van der Waals surface area contributed by atoms with Gasteiger partial charge in [0.15, 0.2) is 0 Å². The maximum Gasteiger partial charge on any atom is 0.0991 e. The first-order chi connectivity index (χ1) is 20.7. The maximum atomic E-state index is 9.66. The summed E-state index contributed by atoms with van der Waals surface area (Å²) < 4.78 is 4.59. The zero-order chi connectivity index (χ0) is 28.2. The summed E-state index contributed by atoms with van der Waals surface area (Å²) >= 11 is 0. The van der Waals surface area contributed by atoms with Crippen molar-refractivity contribution in [1.29, 1.82) is 10.5 Å². The molecule has 6 aromatic carbocycles. The van der Waals surface area contributed by atoms with Crippen LogP contribution in [0.5, 0.6) is 0 Å². The number of para-hydroxylation sites is 3. The Labute approximate surface area is 242 Å². The monoisotopic (exact) mass is 534 g/mol. The Kier molecular flexibility index (Phi) is 5.22. The summed E-state index contributed by atoms with van der Waals surface area (Å²) in [6, 6.07) is 50.2. The first-order valence-corrected chi connectivity index (χ1v) is 13.8. The first kappa shape index (κ1) is 23.8. The van der Waals surface area contributed by atoms with Crippen LogP contribution in [0.15, 0.2) is 133 Å². The van der Waals surface area contributed by atoms with Gasteiger partial charge in [0, 0.05) is 38.5 Å². The number of rotatable bonds is 3. The molecule has 4 heteroatoms. The molecule has 0 fully saturated rings. The molecule has 8 rings (SSSR count). The summed E-state index contributed by atoms with van der Waals surface area (Å²) in [5, 5.41) is 23.5. The molecule has 0 amide bonds. The lowest BCUT2D eigenvalue weighted by Crippen LogP contribution is -1.96. The molecule has 0 spiro atoms. The topological polar surface area (TPSA) is 57.4 Å². The fourth-order valence-electron chi connectivity index (χ4n) is 6.32. The number of hydrogen-bond donors (Lipinski definition) is 0. The van der Waals surface area contributed by atoms with E-state index < -0.39 is 0 Å². The Balaban J connectivity index is 1.46. The third-order valence-corrected chi connectivity index (χ3v) is 8.17. The fraction of sp³-hybridized carbons (Fsp3) is 0. The molecule has 194 valence electrons. The Morgan fingerprint density at radius 3 is 1.90 bits per heavy atom. The van der Waals surface area contributed by atoms with Crippen molar-refractivity contribution in [1.82, 2.24) is 9.13 Å². The van der Waals surface area contributed by atoms with Gasteiger partial charge in [-0.25, -0.2) is 0 Å². The van der Waals surface area contributed by atoms with Gasteiger partial charge in [0.25, 0.3) is 0 Å². The molecule has 0 aliphatic carbocycles. The highest BCUT2D eigenvalue weighted by molar-refractivity contribution is 6.15. The molecule has 0 saturated heterocycles. The summed E-state index contributed by atoms with van der Waals surface area (Å²) in [4.78, 5) is 0. The standard InChI is InChI=1S/C38H22N4/c39-23-25-13-17-29(18-14-25)41-35-12-5-4-9-31(35)32-19-16-27(22-37(32)41)30-10-6-11-33-34-21-26(24-40)15-20-36(34)42(38(30)33)28-7-2-1-3-8-28/h1-22H. The van der Waals surface area contributed by atoms with Crippen LogP contribution < -0.4 is 0 Å². The van der Waals surface area contributed by atoms with Crippen LogP contribution in [0.2, 0.25) is 0 Å². The van der Waals surface area contributed by atoms with Gasteiger partial charge in [-0.3, -0.25) is 0 Å². The second kappa shape index (κ2) is 9.24. The van der Waals surface area contributed by atoms with E-state index in [-0.39, 0.29) is 0 Å². The third-order valence-electron chi connectivity index (χ3n) is 8.17. The maximum absolute atomic E-state index is 9.66. The molecule has 2 aromatic heterocycles. The smallest absolute Gasteiger partial charge is 0.0991 e. The van der Waals surface area contributed by atoms with E-state index >= 15 is 0 Å². The lowest BCUT2D eigenvalue weighted by molar-refractivity contribution is 1.18. The predicted octanol–water partition coefficient (Wildman–Crippen LogP) is 9.29. The molecular weight excluding hydrogens is 512 g/mol. The molecule has 0 N–H and O–H groups in total. The van der Waals surface area contributed by atoms with Crippen molar-refractivity contribution >= 4 is 43.6 Å². The number of aromatic nitrogens is 2. The number of fused-ring (bicyclic) bond motifs is 6. The highest BCUT2D eigenvalue weighted by Gasteiger charge is 2.19. The van der Waals surface area contributed by atoms with Crippen LogP contribution in [-0.2, 0) is 0 Å². The van der Waals surface area contributed by atoms with Gasteiger partial charge in [0.1, 0.15) is 0 Å². The van der Waals surface area contributed by atoms with E-state index in [1.165, 1.54) is 10.8 Å². The lowest BCUT2D eigenvalue weighted by Gasteiger charge is -2.13. The van der Waals surface area contributed by atoms with Gasteiger partial charge in [0.2, 0.25) is 0 Å². The number of hydrogen-bond acceptors (Lipinski definition) is 2. The van der Waals surface area contributed by atoms with Crippen LogP contribution >= 0.6 is 0 Å². The van der Waals surface area contributed by atoms with Crippen LogP contribution in [0.3, 0.4) is 0 Å². The van der Waals surface area contributed by atoms with Crippen LogP contribution in [-0.4, -0.2) is 9.13 Å². The van der Waals surface area contributed by atoms with E-state index in [0.717, 1.165) is 55.3 Å². The van der Waals surface area contributed by atoms with Crippen LogP contribution in [0.1, 0.15) is 11.1 Å². The minimum Gasteiger partial charge on any atom is -0.309 e. The van der Waals surface area contributed by atoms with Gasteiger partial charge in [-0.1, -0.05) is 66.7 Å². The van der Waals surface area contributed by atoms with Crippen LogP contribution in [0.4, 0.5) is 0 Å². The molecule has 0 unspecified atom stereocenters. The van der Waals surface area contributed by atoms with Crippen molar-refractivity contribution in [3.63, 3.8) is 0 Å². The van der Waals surface area contributed by atoms with Gasteiger partial charge < -0.3 is 9.13 Å². The summed E-state index contributed by atoms with van der Waals surface area (Å²) in [5.41, 5.74) is 9.98. The van der Waals surface area contributed by atoms with Gasteiger partial charge in [-0.15, -0.1) is 0 Å². The van der Waals surface area contributed by atoms with Crippen molar-refractivity contribution in [2.24, 2.45) is 0 Å². The van der Waals surface area contributed by atoms with E-state index in [2.05, 4.69) is 112 Å². The largest absolute Gasteiger partial charge is 0.309 e. The highest BCUT2D eigenvalue weighted by Crippen LogP contribution is 2.40. The van der Waals surface area contributed by atoms with E-state index in [9.17, 15) is 10.5 Å². The third kappa shape index (κ3) is 3.47. The second-order valence-electron chi connectivity index (χ2n) is 10.5. The molecule has 42 heavy (non-hydrogen) atoms. The number of nitrogens with zero attached hydrogens (tertiary/aromatic N) is 4. The molecule has 2 heterocycles. The van der Waals surface area contributed by atoms with E-state index in [0.29, 0.717) is 11.1 Å². The SMILES string of the molecule is N#Cc1ccc(-n2c3ccccc3c3ccc(-c4cccc5c6cc(C#N)ccc6n(-c6ccccc6)c45)cc32)cc1. The van der Waals surface area contributed by atoms with E-state index in [4.69, 9.17) is 0 Å². The fourth-order valence-corrected chi connectivity index (χ4v) is 6.32. The van der Waals surface area contributed by atoms with E-state index in [1.54, 1.807) is 0 Å². The quantitative estimate of drug-likeness (QED) is 0.227. The molecule has 0 saturated carbocycles. The summed E-state index contributed by atoms with van der Waals surface area (Å²) in [5.74, 6) is 0. The lowest BCUT2D eigenvalue weighted by atomic mass is 10.00. The second-order valence-corrected chi connectivity index (χ2v) is 10.5. The Hall–Kier alpha value is -6.10. The normalized spacial score (nSPS) is 11.3. The zero-order valence-corrected chi connectivity index (χ0v) is 22.5. The van der Waals surface area contributed by atoms with Crippen LogP contribution in [0, 0.1) is 22.7 Å². The molecule has 4 nitrogen and oxygen atoms in total. The van der Waals surface area contributed by atoms with Crippen LogP contribution in [0.25, 0.3) is 66.1 Å². The first-order valence-electron chi connectivity index (χ1n) is 13.8. The Morgan fingerprint density at radius 2 is 1.10 bits per heavy atom. The average molecular weight is 535 g/mol. The van der Waals surface area contributed by atoms with Crippen molar-refractivity contribution in [3.8, 4) is 34.6 Å². The van der Waals surface area contributed by atoms with Gasteiger partial charge in [0.05, 0.1) is 45.3 Å². The molecule has 0 bridgehead atoms. The summed E-state index contributed by atoms with van der Waals surface area (Å²) in [6.45, 7) is 0. The highest BCUT2D eigenvalue weighted by atomic mass is 15.0. The zero-order valence-electron chi connectivity index (χ0n) is 22.5. The van der Waals surface area contributed by atoms with Crippen molar-refractivity contribution in [2.75, 3.05) is 0 Å². The van der Waals surface area contributed by atoms with Gasteiger partial charge in [-0.2, -0.15) is 10.5 Å². The summed E-state index contributed by atoms with van der Waals surface area (Å²) in [6.07, 6.45) is 0. The van der Waals surface area contributed by atoms with Crippen molar-refractivity contribution in [2.45, 2.75) is 0 Å². The summed E-state index contributed by atoms with van der Waals surface area (Å²) in [7, 11) is 0. The molecule has 0 radical (unpaired) electrons. The van der Waals surface area contributed by atoms with Gasteiger partial charge in [-0.05, 0) is 72.3 Å². The molecule has 0 aliphatic heterocycles. The molecular formula is C38H22N4. The minimum atomic E-state index is 0.639. The van der Waals surface area contributed by atoms with Gasteiger partial charge >= 0.3 is 0 Å². The molecule has 0 aliphatic rings. The van der Waals surface area contributed by atoms with E-state index in [1.807, 2.05) is 42.5 Å². The average Bonchev–Trinajstić information content (AvgIpc) is 3.57. The minimum absolute atomic E-state index is 0.639. The molecule has 0 atom stereocenters. The number of benzene rings is 6. The van der Waals surface area contributed by atoms with Crippen molar-refractivity contribution < 1.29 is 0 Å². The Morgan fingerprint density at radius 1 is 0.429 bits per heavy atom.